The van der Waals surface area contributed by atoms with Crippen molar-refractivity contribution in [3.8, 4) is 22.4 Å². The van der Waals surface area contributed by atoms with Crippen molar-refractivity contribution < 1.29 is 13.2 Å². The summed E-state index contributed by atoms with van der Waals surface area (Å²) in [4.78, 5) is 13.3. The summed E-state index contributed by atoms with van der Waals surface area (Å²) in [5, 5.41) is 8.68. The molecule has 4 rings (SSSR count). The number of halogens is 3. The van der Waals surface area contributed by atoms with Crippen molar-refractivity contribution in [2.45, 2.75) is 32.6 Å². The molecule has 30 heavy (non-hydrogen) atoms. The molecule has 0 fully saturated rings. The fourth-order valence-electron chi connectivity index (χ4n) is 3.93. The van der Waals surface area contributed by atoms with Gasteiger partial charge in [-0.05, 0) is 35.7 Å². The maximum atomic E-state index is 13.3. The molecule has 0 amide bonds. The van der Waals surface area contributed by atoms with E-state index in [-0.39, 0.29) is 12.1 Å². The van der Waals surface area contributed by atoms with Gasteiger partial charge in [0, 0.05) is 17.8 Å². The molecule has 1 aliphatic heterocycles. The lowest BCUT2D eigenvalue weighted by atomic mass is 9.93. The van der Waals surface area contributed by atoms with Crippen LogP contribution in [-0.2, 0) is 13.1 Å². The molecule has 8 heteroatoms. The van der Waals surface area contributed by atoms with Crippen molar-refractivity contribution >= 4 is 5.69 Å². The van der Waals surface area contributed by atoms with Gasteiger partial charge in [-0.2, -0.15) is 13.2 Å². The van der Waals surface area contributed by atoms with Crippen molar-refractivity contribution in [2.75, 3.05) is 18.0 Å². The molecule has 0 saturated heterocycles. The fourth-order valence-corrected chi connectivity index (χ4v) is 3.93. The summed E-state index contributed by atoms with van der Waals surface area (Å²) in [6.07, 6.45) is -3.36. The van der Waals surface area contributed by atoms with Crippen molar-refractivity contribution in [3.05, 3.63) is 63.9 Å². The number of benzene rings is 2. The Morgan fingerprint density at radius 2 is 1.90 bits per heavy atom. The zero-order chi connectivity index (χ0) is 21.3. The first-order valence-corrected chi connectivity index (χ1v) is 9.92. The number of nitrogens with zero attached hydrogens (tertiary/aromatic N) is 1. The lowest BCUT2D eigenvalue weighted by Gasteiger charge is -2.31. The topological polar surface area (TPSA) is 63.9 Å². The molecule has 0 bridgehead atoms. The maximum Gasteiger partial charge on any atom is 0.405 e. The molecular weight excluding hydrogens is 393 g/mol. The zero-order valence-electron chi connectivity index (χ0n) is 16.6. The van der Waals surface area contributed by atoms with Crippen LogP contribution in [0, 0.1) is 0 Å². The molecule has 158 valence electrons. The Kier molecular flexibility index (Phi) is 5.42. The number of hydrogen-bond acceptors (Lipinski definition) is 3. The molecule has 0 atom stereocenters. The highest BCUT2D eigenvalue weighted by Gasteiger charge is 2.35. The summed E-state index contributed by atoms with van der Waals surface area (Å²) in [5.74, 6) is 0. The molecule has 2 heterocycles. The molecule has 0 unspecified atom stereocenters. The van der Waals surface area contributed by atoms with Crippen LogP contribution in [-0.4, -0.2) is 29.5 Å². The van der Waals surface area contributed by atoms with Gasteiger partial charge in [0.25, 0.3) is 5.56 Å². The van der Waals surface area contributed by atoms with Crippen molar-refractivity contribution in [1.29, 1.82) is 0 Å². The quantitative estimate of drug-likeness (QED) is 0.522. The average Bonchev–Trinajstić information content (AvgIpc) is 3.08. The molecule has 3 aromatic rings. The van der Waals surface area contributed by atoms with Gasteiger partial charge in [0.2, 0.25) is 0 Å². The van der Waals surface area contributed by atoms with Crippen LogP contribution < -0.4 is 15.8 Å². The van der Waals surface area contributed by atoms with E-state index in [4.69, 9.17) is 0 Å². The van der Waals surface area contributed by atoms with Gasteiger partial charge in [-0.25, -0.2) is 0 Å². The number of fused-ring (bicyclic) bond motifs is 3. The third-order valence-electron chi connectivity index (χ3n) is 5.27. The van der Waals surface area contributed by atoms with Crippen LogP contribution in [0.2, 0.25) is 0 Å². The smallest absolute Gasteiger partial charge is 0.357 e. The molecule has 5 nitrogen and oxygen atoms in total. The van der Waals surface area contributed by atoms with Crippen LogP contribution in [0.15, 0.2) is 47.3 Å². The van der Waals surface area contributed by atoms with E-state index in [1.807, 2.05) is 30.3 Å². The van der Waals surface area contributed by atoms with Crippen LogP contribution in [0.3, 0.4) is 0 Å². The van der Waals surface area contributed by atoms with Crippen LogP contribution >= 0.6 is 0 Å². The third-order valence-corrected chi connectivity index (χ3v) is 5.27. The van der Waals surface area contributed by atoms with Crippen molar-refractivity contribution in [2.24, 2.45) is 0 Å². The molecule has 1 aliphatic rings. The van der Waals surface area contributed by atoms with Gasteiger partial charge < -0.3 is 10.2 Å². The Bertz CT molecular complexity index is 1100. The van der Waals surface area contributed by atoms with E-state index in [0.29, 0.717) is 29.1 Å². The maximum absolute atomic E-state index is 13.3. The Morgan fingerprint density at radius 1 is 1.10 bits per heavy atom. The van der Waals surface area contributed by atoms with Crippen molar-refractivity contribution in [1.82, 2.24) is 15.5 Å². The second kappa shape index (κ2) is 8.02. The Hall–Kier alpha value is -3.00. The summed E-state index contributed by atoms with van der Waals surface area (Å²) >= 11 is 0. The highest BCUT2D eigenvalue weighted by molar-refractivity contribution is 5.85. The average molecular weight is 416 g/mol. The van der Waals surface area contributed by atoms with E-state index in [0.717, 1.165) is 29.7 Å². The van der Waals surface area contributed by atoms with Gasteiger partial charge in [-0.3, -0.25) is 15.0 Å². The highest BCUT2D eigenvalue weighted by atomic mass is 19.4. The minimum atomic E-state index is -4.38. The van der Waals surface area contributed by atoms with E-state index in [1.165, 1.54) is 4.90 Å². The van der Waals surface area contributed by atoms with Gasteiger partial charge >= 0.3 is 6.18 Å². The summed E-state index contributed by atoms with van der Waals surface area (Å²) in [5.41, 5.74) is 4.44. The van der Waals surface area contributed by atoms with Crippen molar-refractivity contribution in [3.63, 3.8) is 0 Å². The van der Waals surface area contributed by atoms with Crippen LogP contribution in [0.5, 0.6) is 0 Å². The number of hydrogen-bond donors (Lipinski definition) is 3. The van der Waals surface area contributed by atoms with Gasteiger partial charge in [0.1, 0.15) is 6.54 Å². The van der Waals surface area contributed by atoms with E-state index in [2.05, 4.69) is 22.4 Å². The summed E-state index contributed by atoms with van der Waals surface area (Å²) in [6, 6.07) is 13.3. The molecule has 0 saturated carbocycles. The Balaban J connectivity index is 1.78. The first-order chi connectivity index (χ1) is 14.4. The number of anilines is 1. The lowest BCUT2D eigenvalue weighted by Crippen LogP contribution is -2.37. The minimum Gasteiger partial charge on any atom is -0.357 e. The number of alkyl halides is 3. The van der Waals surface area contributed by atoms with Gasteiger partial charge in [-0.15, -0.1) is 0 Å². The second-order valence-electron chi connectivity index (χ2n) is 7.47. The molecule has 0 aliphatic carbocycles. The first kappa shape index (κ1) is 20.3. The van der Waals surface area contributed by atoms with Gasteiger partial charge in [0.05, 0.1) is 17.8 Å². The van der Waals surface area contributed by atoms with Gasteiger partial charge in [0.15, 0.2) is 0 Å². The van der Waals surface area contributed by atoms with Crippen LogP contribution in [0.25, 0.3) is 22.4 Å². The van der Waals surface area contributed by atoms with Gasteiger partial charge in [-0.1, -0.05) is 43.3 Å². The van der Waals surface area contributed by atoms with Crippen LogP contribution in [0.4, 0.5) is 18.9 Å². The molecule has 2 aromatic carbocycles. The SMILES string of the molecule is CCCNCc1ccccc1-c1ccc2c(c1)N(CC(F)(F)F)Cc1c-2[nH][nH]c1=O. The summed E-state index contributed by atoms with van der Waals surface area (Å²) in [6.45, 7) is 2.46. The number of aromatic nitrogens is 2. The molecule has 1 aromatic heterocycles. The lowest BCUT2D eigenvalue weighted by molar-refractivity contribution is -0.120. The van der Waals surface area contributed by atoms with Crippen LogP contribution in [0.1, 0.15) is 24.5 Å². The predicted molar refractivity (Wildman–Crippen MR) is 111 cm³/mol. The molecule has 0 spiro atoms. The largest absolute Gasteiger partial charge is 0.405 e. The Labute approximate surface area is 171 Å². The minimum absolute atomic E-state index is 0.0934. The van der Waals surface area contributed by atoms with E-state index in [9.17, 15) is 18.0 Å². The molecule has 3 N–H and O–H groups in total. The van der Waals surface area contributed by atoms with E-state index < -0.39 is 12.7 Å². The normalized spacial score (nSPS) is 13.3. The monoisotopic (exact) mass is 416 g/mol. The second-order valence-corrected chi connectivity index (χ2v) is 7.47. The van der Waals surface area contributed by atoms with E-state index >= 15 is 0 Å². The number of nitrogens with one attached hydrogen (secondary N) is 3. The molecule has 0 radical (unpaired) electrons. The highest BCUT2D eigenvalue weighted by Crippen LogP contribution is 2.41. The number of H-pyrrole nitrogens is 2. The number of rotatable bonds is 6. The fraction of sp³-hybridized carbons (Fsp3) is 0.318. The summed E-state index contributed by atoms with van der Waals surface area (Å²) in [7, 11) is 0. The third kappa shape index (κ3) is 4.00. The molecular formula is C22H23F3N4O. The van der Waals surface area contributed by atoms with E-state index in [1.54, 1.807) is 12.1 Å². The standard InChI is InChI=1S/C22H23F3N4O/c1-2-9-26-11-15-5-3-4-6-16(15)14-7-8-17-19(10-14)29(13-22(23,24)25)12-18-20(17)27-28-21(18)30/h3-8,10,26H,2,9,11-13H2,1H3,(H2,27,28,30). The number of aromatic amines is 2. The predicted octanol–water partition coefficient (Wildman–Crippen LogP) is 4.42. The first-order valence-electron chi connectivity index (χ1n) is 9.92. The Morgan fingerprint density at radius 3 is 2.67 bits per heavy atom. The summed E-state index contributed by atoms with van der Waals surface area (Å²) < 4.78 is 39.8. The zero-order valence-corrected chi connectivity index (χ0v) is 16.6.